The summed E-state index contributed by atoms with van der Waals surface area (Å²) in [7, 11) is 0. The molecule has 0 amide bonds. The van der Waals surface area contributed by atoms with Gasteiger partial charge in [0.25, 0.3) is 0 Å². The molecule has 3 rings (SSSR count). The molecular formula is C16H15BrClNO. The van der Waals surface area contributed by atoms with Crippen LogP contribution < -0.4 is 10.5 Å². The number of rotatable bonds is 1. The van der Waals surface area contributed by atoms with Gasteiger partial charge in [0.2, 0.25) is 0 Å². The van der Waals surface area contributed by atoms with Gasteiger partial charge in [-0.3, -0.25) is 0 Å². The molecule has 0 saturated heterocycles. The highest BCUT2D eigenvalue weighted by Gasteiger charge is 2.28. The lowest BCUT2D eigenvalue weighted by atomic mass is 9.93. The molecule has 1 heterocycles. The van der Waals surface area contributed by atoms with Gasteiger partial charge in [-0.05, 0) is 36.8 Å². The van der Waals surface area contributed by atoms with Crippen molar-refractivity contribution in [1.82, 2.24) is 0 Å². The Labute approximate surface area is 132 Å². The molecular weight excluding hydrogens is 338 g/mol. The van der Waals surface area contributed by atoms with Crippen molar-refractivity contribution in [2.24, 2.45) is 5.73 Å². The van der Waals surface area contributed by atoms with E-state index in [4.69, 9.17) is 22.1 Å². The average Bonchev–Trinajstić information content (AvgIpc) is 2.39. The first-order valence-electron chi connectivity index (χ1n) is 6.52. The number of ether oxygens (including phenoxy) is 1. The summed E-state index contributed by atoms with van der Waals surface area (Å²) in [6.07, 6.45) is 0.711. The molecule has 2 unspecified atom stereocenters. The SMILES string of the molecule is Cc1ccc(C2CC(N)c3cc(Cl)ccc3O2)c(Br)c1. The zero-order valence-electron chi connectivity index (χ0n) is 11.1. The maximum Gasteiger partial charge on any atom is 0.127 e. The Morgan fingerprint density at radius 3 is 2.75 bits per heavy atom. The number of hydrogen-bond acceptors (Lipinski definition) is 2. The van der Waals surface area contributed by atoms with Crippen molar-refractivity contribution in [3.63, 3.8) is 0 Å². The van der Waals surface area contributed by atoms with Crippen LogP contribution in [0.4, 0.5) is 0 Å². The number of benzene rings is 2. The zero-order valence-corrected chi connectivity index (χ0v) is 13.4. The molecule has 2 nitrogen and oxygen atoms in total. The van der Waals surface area contributed by atoms with Crippen LogP contribution in [0, 0.1) is 6.92 Å². The third-order valence-corrected chi connectivity index (χ3v) is 4.53. The molecule has 4 heteroatoms. The lowest BCUT2D eigenvalue weighted by Crippen LogP contribution is -2.24. The molecule has 2 atom stereocenters. The molecule has 2 aromatic rings. The summed E-state index contributed by atoms with van der Waals surface area (Å²) in [5, 5.41) is 0.692. The standard InChI is InChI=1S/C16H15BrClNO/c1-9-2-4-11(13(17)6-9)16-8-14(19)12-7-10(18)3-5-15(12)20-16/h2-7,14,16H,8,19H2,1H3. The Morgan fingerprint density at radius 1 is 1.20 bits per heavy atom. The number of halogens is 2. The maximum atomic E-state index is 6.27. The molecule has 1 aliphatic rings. The van der Waals surface area contributed by atoms with Crippen molar-refractivity contribution in [2.75, 3.05) is 0 Å². The molecule has 2 aromatic carbocycles. The molecule has 0 fully saturated rings. The van der Waals surface area contributed by atoms with E-state index < -0.39 is 0 Å². The van der Waals surface area contributed by atoms with E-state index in [-0.39, 0.29) is 12.1 Å². The Bertz CT molecular complexity index is 659. The fraction of sp³-hybridized carbons (Fsp3) is 0.250. The van der Waals surface area contributed by atoms with Gasteiger partial charge in [-0.1, -0.05) is 39.7 Å². The molecule has 1 aliphatic heterocycles. The number of fused-ring (bicyclic) bond motifs is 1. The predicted molar refractivity (Wildman–Crippen MR) is 85.2 cm³/mol. The molecule has 0 radical (unpaired) electrons. The van der Waals surface area contributed by atoms with Crippen LogP contribution in [0.3, 0.4) is 0 Å². The summed E-state index contributed by atoms with van der Waals surface area (Å²) >= 11 is 9.63. The van der Waals surface area contributed by atoms with Crippen LogP contribution in [0.15, 0.2) is 40.9 Å². The van der Waals surface area contributed by atoms with Gasteiger partial charge in [0.1, 0.15) is 11.9 Å². The summed E-state index contributed by atoms with van der Waals surface area (Å²) in [5.41, 5.74) is 9.60. The minimum atomic E-state index is -0.0596. The molecule has 0 aliphatic carbocycles. The topological polar surface area (TPSA) is 35.2 Å². The molecule has 0 bridgehead atoms. The van der Waals surface area contributed by atoms with Crippen molar-refractivity contribution in [1.29, 1.82) is 0 Å². The fourth-order valence-corrected chi connectivity index (χ4v) is 3.49. The van der Waals surface area contributed by atoms with Crippen LogP contribution in [0.25, 0.3) is 0 Å². The second-order valence-corrected chi connectivity index (χ2v) is 6.45. The van der Waals surface area contributed by atoms with Crippen molar-refractivity contribution in [3.8, 4) is 5.75 Å². The Kier molecular flexibility index (Phi) is 3.76. The van der Waals surface area contributed by atoms with Gasteiger partial charge in [0.15, 0.2) is 0 Å². The minimum Gasteiger partial charge on any atom is -0.485 e. The second-order valence-electron chi connectivity index (χ2n) is 5.16. The van der Waals surface area contributed by atoms with Gasteiger partial charge in [0.05, 0.1) is 0 Å². The maximum absolute atomic E-state index is 6.27. The molecule has 0 spiro atoms. The highest BCUT2D eigenvalue weighted by Crippen LogP contribution is 2.42. The van der Waals surface area contributed by atoms with Gasteiger partial charge in [-0.25, -0.2) is 0 Å². The summed E-state index contributed by atoms with van der Waals surface area (Å²) < 4.78 is 7.16. The third kappa shape index (κ3) is 2.58. The fourth-order valence-electron chi connectivity index (χ4n) is 2.56. The van der Waals surface area contributed by atoms with Gasteiger partial charge in [0, 0.05) is 33.1 Å². The van der Waals surface area contributed by atoms with Crippen molar-refractivity contribution in [3.05, 3.63) is 62.6 Å². The number of aryl methyl sites for hydroxylation is 1. The van der Waals surface area contributed by atoms with E-state index in [2.05, 4.69) is 41.1 Å². The van der Waals surface area contributed by atoms with E-state index >= 15 is 0 Å². The molecule has 0 aromatic heterocycles. The van der Waals surface area contributed by atoms with E-state index in [1.54, 1.807) is 0 Å². The van der Waals surface area contributed by atoms with Crippen LogP contribution in [0.2, 0.25) is 5.02 Å². The summed E-state index contributed by atoms with van der Waals surface area (Å²) in [6.45, 7) is 2.07. The van der Waals surface area contributed by atoms with Crippen molar-refractivity contribution < 1.29 is 4.74 Å². The molecule has 104 valence electrons. The minimum absolute atomic E-state index is 0.0337. The largest absolute Gasteiger partial charge is 0.485 e. The lowest BCUT2D eigenvalue weighted by molar-refractivity contribution is 0.161. The Balaban J connectivity index is 1.97. The van der Waals surface area contributed by atoms with Crippen molar-refractivity contribution >= 4 is 27.5 Å². The van der Waals surface area contributed by atoms with E-state index in [1.807, 2.05) is 18.2 Å². The first kappa shape index (κ1) is 13.9. The van der Waals surface area contributed by atoms with Gasteiger partial charge in [-0.2, -0.15) is 0 Å². The van der Waals surface area contributed by atoms with Crippen LogP contribution in [0.5, 0.6) is 5.75 Å². The quantitative estimate of drug-likeness (QED) is 0.789. The second kappa shape index (κ2) is 5.40. The van der Waals surface area contributed by atoms with E-state index in [0.29, 0.717) is 5.02 Å². The summed E-state index contributed by atoms with van der Waals surface area (Å²) in [6, 6.07) is 11.8. The predicted octanol–water partition coefficient (Wildman–Crippen LogP) is 4.93. The average molecular weight is 353 g/mol. The molecule has 0 saturated carbocycles. The third-order valence-electron chi connectivity index (χ3n) is 3.61. The highest BCUT2D eigenvalue weighted by atomic mass is 79.9. The van der Waals surface area contributed by atoms with Gasteiger partial charge < -0.3 is 10.5 Å². The van der Waals surface area contributed by atoms with E-state index in [1.165, 1.54) is 5.56 Å². The van der Waals surface area contributed by atoms with Gasteiger partial charge in [-0.15, -0.1) is 0 Å². The molecule has 2 N–H and O–H groups in total. The van der Waals surface area contributed by atoms with Crippen LogP contribution in [-0.4, -0.2) is 0 Å². The number of hydrogen-bond donors (Lipinski definition) is 1. The highest BCUT2D eigenvalue weighted by molar-refractivity contribution is 9.10. The number of nitrogens with two attached hydrogens (primary N) is 1. The van der Waals surface area contributed by atoms with Crippen LogP contribution in [0.1, 0.15) is 35.3 Å². The summed E-state index contributed by atoms with van der Waals surface area (Å²) in [4.78, 5) is 0. The van der Waals surface area contributed by atoms with E-state index in [9.17, 15) is 0 Å². The Morgan fingerprint density at radius 2 is 2.00 bits per heavy atom. The normalized spacial score (nSPS) is 21.2. The van der Waals surface area contributed by atoms with E-state index in [0.717, 1.165) is 27.8 Å². The first-order chi connectivity index (χ1) is 9.54. The zero-order chi connectivity index (χ0) is 14.3. The van der Waals surface area contributed by atoms with Crippen LogP contribution >= 0.6 is 27.5 Å². The van der Waals surface area contributed by atoms with Crippen molar-refractivity contribution in [2.45, 2.75) is 25.5 Å². The lowest BCUT2D eigenvalue weighted by Gasteiger charge is -2.31. The summed E-state index contributed by atoms with van der Waals surface area (Å²) in [5.74, 6) is 0.825. The van der Waals surface area contributed by atoms with Gasteiger partial charge >= 0.3 is 0 Å². The van der Waals surface area contributed by atoms with Crippen LogP contribution in [-0.2, 0) is 0 Å². The Hall–Kier alpha value is -1.03. The first-order valence-corrected chi connectivity index (χ1v) is 7.69. The smallest absolute Gasteiger partial charge is 0.127 e. The monoisotopic (exact) mass is 351 g/mol. The molecule has 20 heavy (non-hydrogen) atoms.